The van der Waals surface area contributed by atoms with E-state index in [1.165, 1.54) is 6.20 Å². The van der Waals surface area contributed by atoms with Crippen LogP contribution in [-0.4, -0.2) is 41.2 Å². The number of hydrogen-bond donors (Lipinski definition) is 2. The fourth-order valence-corrected chi connectivity index (χ4v) is 2.78. The third kappa shape index (κ3) is 4.11. The van der Waals surface area contributed by atoms with Crippen molar-refractivity contribution in [1.82, 2.24) is 29.3 Å². The molecular formula is C18H24N8O2. The summed E-state index contributed by atoms with van der Waals surface area (Å²) in [6.07, 6.45) is 6.93. The fourth-order valence-electron chi connectivity index (χ4n) is 2.78. The Morgan fingerprint density at radius 1 is 1.04 bits per heavy atom. The SMILES string of the molecule is CCn1ncc(NC(=O)CCn2cc(C)cn2)c1C(=O)Nc1cnn(C)c1C. The number of carbonyl (C=O) groups excluding carboxylic acids is 2. The van der Waals surface area contributed by atoms with Crippen molar-refractivity contribution in [3.05, 3.63) is 41.7 Å². The van der Waals surface area contributed by atoms with Crippen molar-refractivity contribution in [3.8, 4) is 0 Å². The van der Waals surface area contributed by atoms with Crippen molar-refractivity contribution in [2.24, 2.45) is 7.05 Å². The van der Waals surface area contributed by atoms with Crippen molar-refractivity contribution in [1.29, 1.82) is 0 Å². The van der Waals surface area contributed by atoms with E-state index in [4.69, 9.17) is 0 Å². The Hall–Kier alpha value is -3.43. The monoisotopic (exact) mass is 384 g/mol. The molecule has 0 aromatic carbocycles. The lowest BCUT2D eigenvalue weighted by Crippen LogP contribution is -2.21. The molecule has 0 bridgehead atoms. The second-order valence-electron chi connectivity index (χ2n) is 6.52. The summed E-state index contributed by atoms with van der Waals surface area (Å²) in [5, 5.41) is 18.1. The summed E-state index contributed by atoms with van der Waals surface area (Å²) in [5.41, 5.74) is 3.16. The summed E-state index contributed by atoms with van der Waals surface area (Å²) in [6.45, 7) is 6.64. The highest BCUT2D eigenvalue weighted by atomic mass is 16.2. The van der Waals surface area contributed by atoms with E-state index in [1.54, 1.807) is 33.5 Å². The molecule has 0 fully saturated rings. The number of hydrogen-bond acceptors (Lipinski definition) is 5. The summed E-state index contributed by atoms with van der Waals surface area (Å²) >= 11 is 0. The molecule has 148 valence electrons. The first-order valence-electron chi connectivity index (χ1n) is 9.03. The highest BCUT2D eigenvalue weighted by Crippen LogP contribution is 2.19. The Morgan fingerprint density at radius 2 is 1.79 bits per heavy atom. The summed E-state index contributed by atoms with van der Waals surface area (Å²) in [4.78, 5) is 25.2. The lowest BCUT2D eigenvalue weighted by atomic mass is 10.3. The van der Waals surface area contributed by atoms with Crippen molar-refractivity contribution in [2.45, 2.75) is 40.3 Å². The summed E-state index contributed by atoms with van der Waals surface area (Å²) in [7, 11) is 1.80. The van der Waals surface area contributed by atoms with Gasteiger partial charge in [-0.15, -0.1) is 0 Å². The molecule has 0 radical (unpaired) electrons. The third-order valence-corrected chi connectivity index (χ3v) is 4.44. The normalized spacial score (nSPS) is 10.9. The molecule has 0 atom stereocenters. The van der Waals surface area contributed by atoms with Crippen LogP contribution in [0, 0.1) is 13.8 Å². The second-order valence-corrected chi connectivity index (χ2v) is 6.52. The van der Waals surface area contributed by atoms with Crippen molar-refractivity contribution >= 4 is 23.2 Å². The van der Waals surface area contributed by atoms with Crippen LogP contribution >= 0.6 is 0 Å². The number of anilines is 2. The molecule has 3 rings (SSSR count). The lowest BCUT2D eigenvalue weighted by molar-refractivity contribution is -0.116. The minimum atomic E-state index is -0.353. The molecule has 3 heterocycles. The van der Waals surface area contributed by atoms with Gasteiger partial charge < -0.3 is 10.6 Å². The Labute approximate surface area is 162 Å². The number of carbonyl (C=O) groups is 2. The van der Waals surface area contributed by atoms with Crippen molar-refractivity contribution in [2.75, 3.05) is 10.6 Å². The molecule has 3 aromatic rings. The maximum Gasteiger partial charge on any atom is 0.276 e. The van der Waals surface area contributed by atoms with Gasteiger partial charge in [-0.25, -0.2) is 0 Å². The van der Waals surface area contributed by atoms with Gasteiger partial charge in [-0.05, 0) is 26.3 Å². The molecule has 0 saturated carbocycles. The molecule has 0 aliphatic heterocycles. The first-order chi connectivity index (χ1) is 13.4. The predicted octanol–water partition coefficient (Wildman–Crippen LogP) is 1.73. The minimum absolute atomic E-state index is 0.213. The van der Waals surface area contributed by atoms with Crippen LogP contribution in [0.25, 0.3) is 0 Å². The van der Waals surface area contributed by atoms with Crippen LogP contribution in [0.4, 0.5) is 11.4 Å². The molecule has 2 N–H and O–H groups in total. The van der Waals surface area contributed by atoms with Crippen LogP contribution < -0.4 is 10.6 Å². The number of aryl methyl sites for hydroxylation is 4. The van der Waals surface area contributed by atoms with Gasteiger partial charge in [0.15, 0.2) is 0 Å². The average molecular weight is 384 g/mol. The lowest BCUT2D eigenvalue weighted by Gasteiger charge is -2.10. The van der Waals surface area contributed by atoms with Crippen LogP contribution in [0.3, 0.4) is 0 Å². The molecule has 0 aliphatic carbocycles. The van der Waals surface area contributed by atoms with E-state index in [0.29, 0.717) is 30.2 Å². The van der Waals surface area contributed by atoms with Crippen molar-refractivity contribution in [3.63, 3.8) is 0 Å². The van der Waals surface area contributed by atoms with Gasteiger partial charge in [-0.1, -0.05) is 0 Å². The van der Waals surface area contributed by atoms with E-state index in [1.807, 2.05) is 27.0 Å². The van der Waals surface area contributed by atoms with E-state index >= 15 is 0 Å². The van der Waals surface area contributed by atoms with Crippen LogP contribution in [0.2, 0.25) is 0 Å². The van der Waals surface area contributed by atoms with E-state index in [9.17, 15) is 9.59 Å². The van der Waals surface area contributed by atoms with Gasteiger partial charge in [0.25, 0.3) is 5.91 Å². The zero-order valence-corrected chi connectivity index (χ0v) is 16.4. The van der Waals surface area contributed by atoms with Crippen LogP contribution in [0.1, 0.15) is 35.1 Å². The van der Waals surface area contributed by atoms with Crippen molar-refractivity contribution < 1.29 is 9.59 Å². The Morgan fingerprint density at radius 3 is 2.39 bits per heavy atom. The second kappa shape index (κ2) is 8.07. The smallest absolute Gasteiger partial charge is 0.276 e. The van der Waals surface area contributed by atoms with Gasteiger partial charge in [0.05, 0.1) is 35.7 Å². The molecule has 28 heavy (non-hydrogen) atoms. The van der Waals surface area contributed by atoms with Crippen LogP contribution in [0.15, 0.2) is 24.8 Å². The third-order valence-electron chi connectivity index (χ3n) is 4.44. The van der Waals surface area contributed by atoms with E-state index < -0.39 is 0 Å². The number of amides is 2. The molecule has 0 spiro atoms. The van der Waals surface area contributed by atoms with Crippen LogP contribution in [0.5, 0.6) is 0 Å². The molecule has 10 nitrogen and oxygen atoms in total. The fraction of sp³-hybridized carbons (Fsp3) is 0.389. The van der Waals surface area contributed by atoms with Crippen LogP contribution in [-0.2, 0) is 24.9 Å². The Kier molecular flexibility index (Phi) is 5.57. The number of rotatable bonds is 7. The zero-order valence-electron chi connectivity index (χ0n) is 16.4. The first kappa shape index (κ1) is 19.3. The number of nitrogens with zero attached hydrogens (tertiary/aromatic N) is 6. The highest BCUT2D eigenvalue weighted by molar-refractivity contribution is 6.09. The Balaban J connectivity index is 1.71. The minimum Gasteiger partial charge on any atom is -0.323 e. The summed E-state index contributed by atoms with van der Waals surface area (Å²) < 4.78 is 4.93. The first-order valence-corrected chi connectivity index (χ1v) is 9.03. The quantitative estimate of drug-likeness (QED) is 0.644. The summed E-state index contributed by atoms with van der Waals surface area (Å²) in [5.74, 6) is -0.566. The predicted molar refractivity (Wildman–Crippen MR) is 104 cm³/mol. The number of aromatic nitrogens is 6. The topological polar surface area (TPSA) is 112 Å². The molecular weight excluding hydrogens is 360 g/mol. The maximum absolute atomic E-state index is 12.8. The highest BCUT2D eigenvalue weighted by Gasteiger charge is 2.21. The molecule has 3 aromatic heterocycles. The van der Waals surface area contributed by atoms with Gasteiger partial charge in [-0.3, -0.25) is 23.6 Å². The van der Waals surface area contributed by atoms with Gasteiger partial charge >= 0.3 is 0 Å². The van der Waals surface area contributed by atoms with E-state index in [2.05, 4.69) is 25.9 Å². The Bertz CT molecular complexity index is 997. The molecule has 0 aliphatic rings. The number of nitrogens with one attached hydrogen (secondary N) is 2. The van der Waals surface area contributed by atoms with Gasteiger partial charge in [0.1, 0.15) is 5.69 Å². The van der Waals surface area contributed by atoms with E-state index in [0.717, 1.165) is 11.3 Å². The largest absolute Gasteiger partial charge is 0.323 e. The van der Waals surface area contributed by atoms with Gasteiger partial charge in [0.2, 0.25) is 5.91 Å². The standard InChI is InChI=1S/C18H24N8O2/c1-5-26-17(18(28)23-14-9-19-24(4)13(14)3)15(10-21-26)22-16(27)6-7-25-11-12(2)8-20-25/h8-11H,5-7H2,1-4H3,(H,22,27)(H,23,28). The molecule has 0 unspecified atom stereocenters. The summed E-state index contributed by atoms with van der Waals surface area (Å²) in [6, 6.07) is 0. The van der Waals surface area contributed by atoms with Gasteiger partial charge in [-0.2, -0.15) is 15.3 Å². The van der Waals surface area contributed by atoms with Gasteiger partial charge in [0, 0.05) is 32.8 Å². The average Bonchev–Trinajstić information content (AvgIpc) is 3.35. The zero-order chi connectivity index (χ0) is 20.3. The van der Waals surface area contributed by atoms with E-state index in [-0.39, 0.29) is 18.2 Å². The molecule has 0 saturated heterocycles. The maximum atomic E-state index is 12.8. The molecule has 2 amide bonds. The molecule has 10 heteroatoms.